The summed E-state index contributed by atoms with van der Waals surface area (Å²) in [6.07, 6.45) is -0.0761. The average Bonchev–Trinajstić information content (AvgIpc) is 2.52. The predicted molar refractivity (Wildman–Crippen MR) is 44.7 cm³/mol. The first kappa shape index (κ1) is 9.92. The second-order valence-electron chi connectivity index (χ2n) is 3.13. The SMILES string of the molecule is COCC(C)C1OCC(CN)O1. The maximum Gasteiger partial charge on any atom is 0.162 e. The lowest BCUT2D eigenvalue weighted by atomic mass is 10.2. The Morgan fingerprint density at radius 3 is 2.92 bits per heavy atom. The zero-order chi connectivity index (χ0) is 8.97. The minimum Gasteiger partial charge on any atom is -0.384 e. The fourth-order valence-corrected chi connectivity index (χ4v) is 1.23. The van der Waals surface area contributed by atoms with Crippen LogP contribution in [-0.4, -0.2) is 39.3 Å². The molecular weight excluding hydrogens is 158 g/mol. The molecule has 0 aliphatic carbocycles. The summed E-state index contributed by atoms with van der Waals surface area (Å²) in [7, 11) is 1.67. The normalized spacial score (nSPS) is 32.2. The Morgan fingerprint density at radius 2 is 2.42 bits per heavy atom. The number of methoxy groups -OCH3 is 1. The molecule has 1 aliphatic heterocycles. The predicted octanol–water partition coefficient (Wildman–Crippen LogP) is -0.0309. The third kappa shape index (κ3) is 2.42. The number of hydrogen-bond donors (Lipinski definition) is 1. The molecule has 3 atom stereocenters. The van der Waals surface area contributed by atoms with E-state index in [-0.39, 0.29) is 18.3 Å². The van der Waals surface area contributed by atoms with Crippen molar-refractivity contribution in [3.8, 4) is 0 Å². The molecule has 0 aromatic heterocycles. The maximum atomic E-state index is 5.50. The van der Waals surface area contributed by atoms with Crippen molar-refractivity contribution in [1.82, 2.24) is 0 Å². The molecule has 2 N–H and O–H groups in total. The van der Waals surface area contributed by atoms with Crippen molar-refractivity contribution in [2.75, 3.05) is 26.9 Å². The summed E-state index contributed by atoms with van der Waals surface area (Å²) in [5.74, 6) is 0.270. The maximum absolute atomic E-state index is 5.50. The van der Waals surface area contributed by atoms with Gasteiger partial charge in [-0.05, 0) is 0 Å². The van der Waals surface area contributed by atoms with Crippen LogP contribution in [0.4, 0.5) is 0 Å². The van der Waals surface area contributed by atoms with Gasteiger partial charge in [0.05, 0.1) is 19.3 Å². The fraction of sp³-hybridized carbons (Fsp3) is 1.00. The molecule has 1 rings (SSSR count). The first-order valence-electron chi connectivity index (χ1n) is 4.24. The molecule has 0 aromatic carbocycles. The second kappa shape index (κ2) is 4.77. The minimum absolute atomic E-state index is 0.0642. The molecule has 1 fully saturated rings. The van der Waals surface area contributed by atoms with E-state index in [4.69, 9.17) is 19.9 Å². The summed E-state index contributed by atoms with van der Waals surface area (Å²) < 4.78 is 15.9. The Morgan fingerprint density at radius 1 is 1.67 bits per heavy atom. The molecule has 3 unspecified atom stereocenters. The third-order valence-corrected chi connectivity index (χ3v) is 1.93. The van der Waals surface area contributed by atoms with Gasteiger partial charge < -0.3 is 19.9 Å². The van der Waals surface area contributed by atoms with Gasteiger partial charge in [-0.15, -0.1) is 0 Å². The van der Waals surface area contributed by atoms with Crippen LogP contribution in [0.2, 0.25) is 0 Å². The van der Waals surface area contributed by atoms with Gasteiger partial charge in [-0.2, -0.15) is 0 Å². The first-order chi connectivity index (χ1) is 5.77. The topological polar surface area (TPSA) is 53.7 Å². The Balaban J connectivity index is 2.25. The van der Waals surface area contributed by atoms with Gasteiger partial charge in [0.25, 0.3) is 0 Å². The Bertz CT molecular complexity index is 131. The summed E-state index contributed by atoms with van der Waals surface area (Å²) in [6.45, 7) is 3.82. The smallest absolute Gasteiger partial charge is 0.162 e. The van der Waals surface area contributed by atoms with Crippen molar-refractivity contribution in [3.63, 3.8) is 0 Å². The molecule has 4 heteroatoms. The van der Waals surface area contributed by atoms with Gasteiger partial charge in [0.1, 0.15) is 0 Å². The molecular formula is C8H17NO3. The molecule has 0 aromatic rings. The number of ether oxygens (including phenoxy) is 3. The van der Waals surface area contributed by atoms with Crippen molar-refractivity contribution in [2.45, 2.75) is 19.3 Å². The van der Waals surface area contributed by atoms with Crippen LogP contribution in [0.3, 0.4) is 0 Å². The third-order valence-electron chi connectivity index (χ3n) is 1.93. The fourth-order valence-electron chi connectivity index (χ4n) is 1.23. The van der Waals surface area contributed by atoms with E-state index in [0.29, 0.717) is 19.8 Å². The molecule has 1 heterocycles. The average molecular weight is 175 g/mol. The van der Waals surface area contributed by atoms with Crippen LogP contribution >= 0.6 is 0 Å². The summed E-state index contributed by atoms with van der Waals surface area (Å²) in [5.41, 5.74) is 5.43. The molecule has 72 valence electrons. The van der Waals surface area contributed by atoms with Gasteiger partial charge in [0.2, 0.25) is 0 Å². The standard InChI is InChI=1S/C8H17NO3/c1-6(4-10-2)8-11-5-7(3-9)12-8/h6-8H,3-5,9H2,1-2H3. The van der Waals surface area contributed by atoms with Crippen LogP contribution in [0, 0.1) is 5.92 Å². The van der Waals surface area contributed by atoms with Crippen molar-refractivity contribution in [2.24, 2.45) is 11.7 Å². The summed E-state index contributed by atoms with van der Waals surface area (Å²) >= 11 is 0. The molecule has 12 heavy (non-hydrogen) atoms. The van der Waals surface area contributed by atoms with Gasteiger partial charge in [-0.3, -0.25) is 0 Å². The van der Waals surface area contributed by atoms with E-state index in [0.717, 1.165) is 0 Å². The van der Waals surface area contributed by atoms with Crippen LogP contribution < -0.4 is 5.73 Å². The van der Waals surface area contributed by atoms with Crippen molar-refractivity contribution >= 4 is 0 Å². The number of hydrogen-bond acceptors (Lipinski definition) is 4. The molecule has 0 amide bonds. The minimum atomic E-state index is -0.140. The van der Waals surface area contributed by atoms with E-state index < -0.39 is 0 Å². The summed E-state index contributed by atoms with van der Waals surface area (Å²) in [5, 5.41) is 0. The van der Waals surface area contributed by atoms with Gasteiger partial charge >= 0.3 is 0 Å². The lowest BCUT2D eigenvalue weighted by Crippen LogP contribution is -2.26. The van der Waals surface area contributed by atoms with Crippen LogP contribution in [-0.2, 0) is 14.2 Å². The van der Waals surface area contributed by atoms with Crippen LogP contribution in [0.1, 0.15) is 6.92 Å². The summed E-state index contributed by atoms with van der Waals surface area (Å²) in [6, 6.07) is 0. The largest absolute Gasteiger partial charge is 0.384 e. The van der Waals surface area contributed by atoms with Crippen LogP contribution in [0.15, 0.2) is 0 Å². The van der Waals surface area contributed by atoms with Gasteiger partial charge in [0.15, 0.2) is 6.29 Å². The molecule has 4 nitrogen and oxygen atoms in total. The highest BCUT2D eigenvalue weighted by Crippen LogP contribution is 2.18. The quantitative estimate of drug-likeness (QED) is 0.652. The molecule has 0 saturated carbocycles. The zero-order valence-electron chi connectivity index (χ0n) is 7.66. The number of nitrogens with two attached hydrogens (primary N) is 1. The van der Waals surface area contributed by atoms with Crippen molar-refractivity contribution in [1.29, 1.82) is 0 Å². The highest BCUT2D eigenvalue weighted by atomic mass is 16.7. The Labute approximate surface area is 73.0 Å². The van der Waals surface area contributed by atoms with E-state index in [1.165, 1.54) is 0 Å². The second-order valence-corrected chi connectivity index (χ2v) is 3.13. The highest BCUT2D eigenvalue weighted by Gasteiger charge is 2.29. The van der Waals surface area contributed by atoms with Crippen molar-refractivity contribution in [3.05, 3.63) is 0 Å². The Hall–Kier alpha value is -0.160. The van der Waals surface area contributed by atoms with E-state index in [1.54, 1.807) is 7.11 Å². The van der Waals surface area contributed by atoms with Gasteiger partial charge in [0, 0.05) is 19.6 Å². The molecule has 0 radical (unpaired) electrons. The Kier molecular flexibility index (Phi) is 3.94. The van der Waals surface area contributed by atoms with Crippen molar-refractivity contribution < 1.29 is 14.2 Å². The van der Waals surface area contributed by atoms with Crippen LogP contribution in [0.25, 0.3) is 0 Å². The first-order valence-corrected chi connectivity index (χ1v) is 4.24. The van der Waals surface area contributed by atoms with E-state index >= 15 is 0 Å². The molecule has 1 aliphatic rings. The number of rotatable bonds is 4. The van der Waals surface area contributed by atoms with Crippen LogP contribution in [0.5, 0.6) is 0 Å². The molecule has 0 spiro atoms. The zero-order valence-corrected chi connectivity index (χ0v) is 7.66. The summed E-state index contributed by atoms with van der Waals surface area (Å²) in [4.78, 5) is 0. The van der Waals surface area contributed by atoms with Gasteiger partial charge in [-0.1, -0.05) is 6.92 Å². The lowest BCUT2D eigenvalue weighted by molar-refractivity contribution is -0.105. The lowest BCUT2D eigenvalue weighted by Gasteiger charge is -2.17. The van der Waals surface area contributed by atoms with E-state index in [9.17, 15) is 0 Å². The van der Waals surface area contributed by atoms with Gasteiger partial charge in [-0.25, -0.2) is 0 Å². The monoisotopic (exact) mass is 175 g/mol. The highest BCUT2D eigenvalue weighted by molar-refractivity contribution is 4.69. The van der Waals surface area contributed by atoms with E-state index in [2.05, 4.69) is 0 Å². The van der Waals surface area contributed by atoms with E-state index in [1.807, 2.05) is 6.92 Å². The molecule has 0 bridgehead atoms. The molecule has 1 saturated heterocycles.